The lowest BCUT2D eigenvalue weighted by atomic mass is 10.1. The molecule has 1 fully saturated rings. The molecule has 1 heterocycles. The van der Waals surface area contributed by atoms with Gasteiger partial charge >= 0.3 is 0 Å². The van der Waals surface area contributed by atoms with E-state index in [4.69, 9.17) is 0 Å². The van der Waals surface area contributed by atoms with Gasteiger partial charge in [0.2, 0.25) is 16.4 Å². The van der Waals surface area contributed by atoms with Gasteiger partial charge in [0.25, 0.3) is 5.91 Å². The Bertz CT molecular complexity index is 693. The molecule has 138 valence electrons. The number of piperazine rings is 1. The lowest BCUT2D eigenvalue weighted by molar-refractivity contribution is -0.119. The molecule has 1 aliphatic heterocycles. The highest BCUT2D eigenvalue weighted by molar-refractivity contribution is 7.89. The number of hydrogen-bond acceptors (Lipinski definition) is 4. The van der Waals surface area contributed by atoms with Crippen molar-refractivity contribution in [3.63, 3.8) is 0 Å². The summed E-state index contributed by atoms with van der Waals surface area (Å²) in [6.07, 6.45) is 1.55. The SMILES string of the molecule is CC(C)CCNS(=O)(=O)c1ccc(C(=O)N2CCN(C=O)CC2)cc1. The molecule has 8 heteroatoms. The van der Waals surface area contributed by atoms with E-state index in [-0.39, 0.29) is 10.8 Å². The van der Waals surface area contributed by atoms with Crippen molar-refractivity contribution in [1.29, 1.82) is 0 Å². The summed E-state index contributed by atoms with van der Waals surface area (Å²) in [7, 11) is -3.55. The van der Waals surface area contributed by atoms with Crippen LogP contribution in [0.25, 0.3) is 0 Å². The van der Waals surface area contributed by atoms with Gasteiger partial charge in [-0.1, -0.05) is 13.8 Å². The predicted molar refractivity (Wildman–Crippen MR) is 94.6 cm³/mol. The van der Waals surface area contributed by atoms with Gasteiger partial charge in [-0.25, -0.2) is 13.1 Å². The Morgan fingerprint density at radius 2 is 1.76 bits per heavy atom. The van der Waals surface area contributed by atoms with Crippen LogP contribution in [0.3, 0.4) is 0 Å². The van der Waals surface area contributed by atoms with Crippen molar-refractivity contribution in [2.24, 2.45) is 5.92 Å². The molecule has 1 aromatic rings. The number of nitrogens with one attached hydrogen (secondary N) is 1. The lowest BCUT2D eigenvalue weighted by Gasteiger charge is -2.32. The third kappa shape index (κ3) is 5.27. The molecule has 1 N–H and O–H groups in total. The Hall–Kier alpha value is -1.93. The summed E-state index contributed by atoms with van der Waals surface area (Å²) in [5.74, 6) is 0.268. The summed E-state index contributed by atoms with van der Waals surface area (Å²) in [5, 5.41) is 0. The molecule has 0 aliphatic carbocycles. The molecule has 25 heavy (non-hydrogen) atoms. The van der Waals surface area contributed by atoms with Crippen molar-refractivity contribution in [3.8, 4) is 0 Å². The molecular weight excluding hydrogens is 342 g/mol. The van der Waals surface area contributed by atoms with Gasteiger partial charge in [0, 0.05) is 38.3 Å². The average Bonchev–Trinajstić information content (AvgIpc) is 2.61. The van der Waals surface area contributed by atoms with Crippen molar-refractivity contribution in [2.45, 2.75) is 25.2 Å². The minimum Gasteiger partial charge on any atom is -0.342 e. The van der Waals surface area contributed by atoms with Gasteiger partial charge in [0.1, 0.15) is 0 Å². The fraction of sp³-hybridized carbons (Fsp3) is 0.529. The molecule has 1 aliphatic rings. The Kier molecular flexibility index (Phi) is 6.55. The Balaban J connectivity index is 1.99. The van der Waals surface area contributed by atoms with E-state index >= 15 is 0 Å². The van der Waals surface area contributed by atoms with E-state index in [9.17, 15) is 18.0 Å². The van der Waals surface area contributed by atoms with Gasteiger partial charge in [0.05, 0.1) is 4.90 Å². The molecule has 0 aromatic heterocycles. The van der Waals surface area contributed by atoms with Gasteiger partial charge in [-0.3, -0.25) is 9.59 Å². The Morgan fingerprint density at radius 3 is 2.28 bits per heavy atom. The molecule has 0 radical (unpaired) electrons. The van der Waals surface area contributed by atoms with Crippen LogP contribution in [0.5, 0.6) is 0 Å². The number of carbonyl (C=O) groups is 2. The standard InChI is InChI=1S/C17H25N3O4S/c1-14(2)7-8-18-25(23,24)16-5-3-15(4-6-16)17(22)20-11-9-19(13-21)10-12-20/h3-6,13-14,18H,7-12H2,1-2H3. The Labute approximate surface area is 149 Å². The first-order chi connectivity index (χ1) is 11.8. The third-order valence-corrected chi connectivity index (χ3v) is 5.65. The van der Waals surface area contributed by atoms with E-state index in [0.717, 1.165) is 12.8 Å². The second-order valence-electron chi connectivity index (χ2n) is 6.54. The summed E-state index contributed by atoms with van der Waals surface area (Å²) < 4.78 is 27.0. The maximum absolute atomic E-state index is 12.5. The quantitative estimate of drug-likeness (QED) is 0.726. The molecule has 0 unspecified atom stereocenters. The van der Waals surface area contributed by atoms with E-state index < -0.39 is 10.0 Å². The fourth-order valence-corrected chi connectivity index (χ4v) is 3.60. The topological polar surface area (TPSA) is 86.8 Å². The zero-order chi connectivity index (χ0) is 18.4. The number of rotatable bonds is 7. The van der Waals surface area contributed by atoms with Crippen LogP contribution in [0.15, 0.2) is 29.2 Å². The van der Waals surface area contributed by atoms with Crippen LogP contribution in [0.1, 0.15) is 30.6 Å². The molecule has 0 saturated carbocycles. The van der Waals surface area contributed by atoms with Crippen LogP contribution in [-0.4, -0.2) is 63.3 Å². The van der Waals surface area contributed by atoms with Crippen molar-refractivity contribution in [3.05, 3.63) is 29.8 Å². The summed E-state index contributed by atoms with van der Waals surface area (Å²) >= 11 is 0. The van der Waals surface area contributed by atoms with Gasteiger partial charge in [0.15, 0.2) is 0 Å². The zero-order valence-electron chi connectivity index (χ0n) is 14.6. The highest BCUT2D eigenvalue weighted by Gasteiger charge is 2.22. The van der Waals surface area contributed by atoms with Crippen LogP contribution in [0.2, 0.25) is 0 Å². The average molecular weight is 367 g/mol. The predicted octanol–water partition coefficient (Wildman–Crippen LogP) is 0.925. The van der Waals surface area contributed by atoms with Crippen LogP contribution in [0, 0.1) is 5.92 Å². The first-order valence-electron chi connectivity index (χ1n) is 8.42. The van der Waals surface area contributed by atoms with Crippen LogP contribution < -0.4 is 4.72 Å². The number of amides is 2. The molecule has 7 nitrogen and oxygen atoms in total. The molecule has 0 bridgehead atoms. The number of hydrogen-bond donors (Lipinski definition) is 1. The number of benzene rings is 1. The van der Waals surface area contributed by atoms with Gasteiger partial charge in [-0.15, -0.1) is 0 Å². The third-order valence-electron chi connectivity index (χ3n) is 4.18. The number of nitrogens with zero attached hydrogens (tertiary/aromatic N) is 2. The van der Waals surface area contributed by atoms with Crippen LogP contribution in [-0.2, 0) is 14.8 Å². The van der Waals surface area contributed by atoms with Crippen molar-refractivity contribution in [1.82, 2.24) is 14.5 Å². The van der Waals surface area contributed by atoms with Gasteiger partial charge in [-0.2, -0.15) is 0 Å². The van der Waals surface area contributed by atoms with Crippen molar-refractivity contribution >= 4 is 22.3 Å². The van der Waals surface area contributed by atoms with Gasteiger partial charge in [-0.05, 0) is 36.6 Å². The number of carbonyl (C=O) groups excluding carboxylic acids is 2. The maximum Gasteiger partial charge on any atom is 0.253 e. The highest BCUT2D eigenvalue weighted by atomic mass is 32.2. The van der Waals surface area contributed by atoms with E-state index in [1.807, 2.05) is 13.8 Å². The van der Waals surface area contributed by atoms with E-state index in [0.29, 0.717) is 44.2 Å². The molecule has 2 amide bonds. The Morgan fingerprint density at radius 1 is 1.16 bits per heavy atom. The van der Waals surface area contributed by atoms with E-state index in [1.54, 1.807) is 9.80 Å². The summed E-state index contributed by atoms with van der Waals surface area (Å²) in [5.41, 5.74) is 0.445. The molecule has 1 saturated heterocycles. The summed E-state index contributed by atoms with van der Waals surface area (Å²) in [4.78, 5) is 26.6. The van der Waals surface area contributed by atoms with Crippen LogP contribution >= 0.6 is 0 Å². The normalized spacial score (nSPS) is 15.5. The highest BCUT2D eigenvalue weighted by Crippen LogP contribution is 2.14. The lowest BCUT2D eigenvalue weighted by Crippen LogP contribution is -2.48. The maximum atomic E-state index is 12.5. The second kappa shape index (κ2) is 8.44. The first kappa shape index (κ1) is 19.4. The van der Waals surface area contributed by atoms with Crippen molar-refractivity contribution in [2.75, 3.05) is 32.7 Å². The minimum atomic E-state index is -3.55. The molecule has 2 rings (SSSR count). The second-order valence-corrected chi connectivity index (χ2v) is 8.31. The fourth-order valence-electron chi connectivity index (χ4n) is 2.55. The van der Waals surface area contributed by atoms with E-state index in [1.165, 1.54) is 24.3 Å². The monoisotopic (exact) mass is 367 g/mol. The molecule has 0 atom stereocenters. The first-order valence-corrected chi connectivity index (χ1v) is 9.90. The zero-order valence-corrected chi connectivity index (χ0v) is 15.5. The smallest absolute Gasteiger partial charge is 0.253 e. The summed E-state index contributed by atoms with van der Waals surface area (Å²) in [6.45, 7) is 6.45. The molecule has 0 spiro atoms. The van der Waals surface area contributed by atoms with Crippen LogP contribution in [0.4, 0.5) is 0 Å². The van der Waals surface area contributed by atoms with E-state index in [2.05, 4.69) is 4.72 Å². The largest absolute Gasteiger partial charge is 0.342 e. The molecular formula is C17H25N3O4S. The number of sulfonamides is 1. The van der Waals surface area contributed by atoms with Gasteiger partial charge < -0.3 is 9.80 Å². The summed E-state index contributed by atoms with van der Waals surface area (Å²) in [6, 6.07) is 5.97. The minimum absolute atomic E-state index is 0.151. The molecule has 1 aromatic carbocycles. The van der Waals surface area contributed by atoms with Crippen molar-refractivity contribution < 1.29 is 18.0 Å².